The Kier molecular flexibility index (Phi) is 3.00. The number of rotatable bonds is 1. The molecule has 0 bridgehead atoms. The molecule has 2 heterocycles. The van der Waals surface area contributed by atoms with Crippen LogP contribution in [0.1, 0.15) is 44.9 Å². The fourth-order valence-corrected chi connectivity index (χ4v) is 3.13. The molecule has 0 spiro atoms. The van der Waals surface area contributed by atoms with Gasteiger partial charge in [-0.3, -0.25) is 4.79 Å². The van der Waals surface area contributed by atoms with E-state index in [0.717, 1.165) is 25.4 Å². The first kappa shape index (κ1) is 11.0. The van der Waals surface area contributed by atoms with Crippen molar-refractivity contribution in [3.05, 3.63) is 11.8 Å². The Labute approximate surface area is 103 Å². The molecule has 0 atom stereocenters. The standard InChI is InChI=1S/C14H20N2O/c17-12-7-9-16(10-8-12)14-6-5-13(15-14)11-3-1-2-4-11/h5,11H,1-4,6-10H2. The van der Waals surface area contributed by atoms with Crippen LogP contribution in [0.15, 0.2) is 16.8 Å². The van der Waals surface area contributed by atoms with E-state index in [-0.39, 0.29) is 0 Å². The van der Waals surface area contributed by atoms with Gasteiger partial charge in [0.2, 0.25) is 0 Å². The van der Waals surface area contributed by atoms with E-state index in [1.165, 1.54) is 37.2 Å². The van der Waals surface area contributed by atoms with Gasteiger partial charge in [-0.2, -0.15) is 0 Å². The van der Waals surface area contributed by atoms with Crippen molar-refractivity contribution in [1.82, 2.24) is 4.90 Å². The molecule has 1 aliphatic carbocycles. The van der Waals surface area contributed by atoms with Crippen LogP contribution in [0.2, 0.25) is 0 Å². The molecule has 3 heteroatoms. The lowest BCUT2D eigenvalue weighted by Crippen LogP contribution is -2.37. The zero-order valence-electron chi connectivity index (χ0n) is 10.3. The predicted octanol–water partition coefficient (Wildman–Crippen LogP) is 2.53. The van der Waals surface area contributed by atoms with Crippen LogP contribution in [-0.2, 0) is 4.79 Å². The molecule has 17 heavy (non-hydrogen) atoms. The van der Waals surface area contributed by atoms with Crippen LogP contribution < -0.4 is 0 Å². The van der Waals surface area contributed by atoms with E-state index in [1.54, 1.807) is 0 Å². The maximum Gasteiger partial charge on any atom is 0.136 e. The van der Waals surface area contributed by atoms with Gasteiger partial charge in [-0.15, -0.1) is 0 Å². The van der Waals surface area contributed by atoms with E-state index >= 15 is 0 Å². The summed E-state index contributed by atoms with van der Waals surface area (Å²) >= 11 is 0. The Hall–Kier alpha value is -1.12. The van der Waals surface area contributed by atoms with E-state index in [9.17, 15) is 4.79 Å². The number of hydrogen-bond donors (Lipinski definition) is 0. The monoisotopic (exact) mass is 232 g/mol. The summed E-state index contributed by atoms with van der Waals surface area (Å²) in [6.45, 7) is 1.76. The van der Waals surface area contributed by atoms with Crippen LogP contribution in [0.4, 0.5) is 0 Å². The second-order valence-electron chi connectivity index (χ2n) is 5.37. The van der Waals surface area contributed by atoms with E-state index in [1.807, 2.05) is 0 Å². The summed E-state index contributed by atoms with van der Waals surface area (Å²) in [5.74, 6) is 2.34. The van der Waals surface area contributed by atoms with Gasteiger partial charge in [-0.1, -0.05) is 18.9 Å². The second kappa shape index (κ2) is 4.63. The number of piperidine rings is 1. The number of ketones is 1. The van der Waals surface area contributed by atoms with Crippen LogP contribution in [0.5, 0.6) is 0 Å². The Morgan fingerprint density at radius 1 is 1.18 bits per heavy atom. The summed E-state index contributed by atoms with van der Waals surface area (Å²) in [4.78, 5) is 18.3. The smallest absolute Gasteiger partial charge is 0.136 e. The van der Waals surface area contributed by atoms with Crippen molar-refractivity contribution in [3.63, 3.8) is 0 Å². The number of likely N-dealkylation sites (tertiary alicyclic amines) is 1. The Balaban J connectivity index is 1.62. The van der Waals surface area contributed by atoms with Crippen LogP contribution in [0.3, 0.4) is 0 Å². The molecule has 0 radical (unpaired) electrons. The molecule has 2 fully saturated rings. The molecule has 0 unspecified atom stereocenters. The number of Topliss-reactive ketones (excluding diaryl/α,β-unsaturated/α-hetero) is 1. The SMILES string of the molecule is O=C1CCN(C2=NC(C3CCCC3)=CC2)CC1. The van der Waals surface area contributed by atoms with Crippen LogP contribution in [-0.4, -0.2) is 29.6 Å². The fraction of sp³-hybridized carbons (Fsp3) is 0.714. The molecule has 3 nitrogen and oxygen atoms in total. The molecule has 92 valence electrons. The van der Waals surface area contributed by atoms with E-state index in [4.69, 9.17) is 4.99 Å². The molecule has 0 aromatic carbocycles. The number of nitrogens with zero attached hydrogens (tertiary/aromatic N) is 2. The Morgan fingerprint density at radius 2 is 1.88 bits per heavy atom. The van der Waals surface area contributed by atoms with Crippen molar-refractivity contribution in [2.45, 2.75) is 44.9 Å². The zero-order chi connectivity index (χ0) is 11.7. The number of amidine groups is 1. The normalized spacial score (nSPS) is 26.4. The largest absolute Gasteiger partial charge is 0.359 e. The fourth-order valence-electron chi connectivity index (χ4n) is 3.13. The summed E-state index contributed by atoms with van der Waals surface area (Å²) in [6.07, 6.45) is 10.1. The number of allylic oxidation sites excluding steroid dienone is 1. The highest BCUT2D eigenvalue weighted by Crippen LogP contribution is 2.34. The lowest BCUT2D eigenvalue weighted by atomic mass is 10.0. The molecule has 0 N–H and O–H groups in total. The van der Waals surface area contributed by atoms with Gasteiger partial charge in [0.1, 0.15) is 11.6 Å². The molecule has 2 aliphatic heterocycles. The van der Waals surface area contributed by atoms with Gasteiger partial charge in [0.25, 0.3) is 0 Å². The number of hydrogen-bond acceptors (Lipinski definition) is 3. The molecule has 1 saturated heterocycles. The average Bonchev–Trinajstić information content (AvgIpc) is 3.00. The maximum absolute atomic E-state index is 11.2. The summed E-state index contributed by atoms with van der Waals surface area (Å²) in [7, 11) is 0. The minimum Gasteiger partial charge on any atom is -0.359 e. The number of aliphatic imine (C=N–C) groups is 1. The van der Waals surface area contributed by atoms with E-state index in [0.29, 0.717) is 18.6 Å². The van der Waals surface area contributed by atoms with Crippen LogP contribution in [0.25, 0.3) is 0 Å². The predicted molar refractivity (Wildman–Crippen MR) is 67.9 cm³/mol. The quantitative estimate of drug-likeness (QED) is 0.696. The summed E-state index contributed by atoms with van der Waals surface area (Å²) in [5, 5.41) is 0. The zero-order valence-corrected chi connectivity index (χ0v) is 10.3. The molecule has 0 aromatic heterocycles. The maximum atomic E-state index is 11.2. The first-order chi connectivity index (χ1) is 8.33. The number of carbonyl (C=O) groups excluding carboxylic acids is 1. The molecule has 1 saturated carbocycles. The molecule has 0 aromatic rings. The second-order valence-corrected chi connectivity index (χ2v) is 5.37. The minimum atomic E-state index is 0.406. The van der Waals surface area contributed by atoms with Gasteiger partial charge in [0, 0.05) is 44.0 Å². The summed E-state index contributed by atoms with van der Waals surface area (Å²) in [6, 6.07) is 0. The van der Waals surface area contributed by atoms with Crippen molar-refractivity contribution in [3.8, 4) is 0 Å². The van der Waals surface area contributed by atoms with Gasteiger partial charge < -0.3 is 4.90 Å². The van der Waals surface area contributed by atoms with Crippen molar-refractivity contribution in [2.75, 3.05) is 13.1 Å². The van der Waals surface area contributed by atoms with Crippen molar-refractivity contribution in [2.24, 2.45) is 10.9 Å². The lowest BCUT2D eigenvalue weighted by molar-refractivity contribution is -0.120. The molecular weight excluding hydrogens is 212 g/mol. The Morgan fingerprint density at radius 3 is 2.59 bits per heavy atom. The van der Waals surface area contributed by atoms with Crippen LogP contribution >= 0.6 is 0 Å². The first-order valence-electron chi connectivity index (χ1n) is 6.87. The average molecular weight is 232 g/mol. The first-order valence-corrected chi connectivity index (χ1v) is 6.87. The topological polar surface area (TPSA) is 32.7 Å². The highest BCUT2D eigenvalue weighted by molar-refractivity contribution is 5.89. The molecule has 3 aliphatic rings. The third-order valence-electron chi connectivity index (χ3n) is 4.21. The summed E-state index contributed by atoms with van der Waals surface area (Å²) in [5.41, 5.74) is 1.33. The van der Waals surface area contributed by atoms with Crippen molar-refractivity contribution in [1.29, 1.82) is 0 Å². The van der Waals surface area contributed by atoms with Crippen molar-refractivity contribution >= 4 is 11.6 Å². The van der Waals surface area contributed by atoms with Gasteiger partial charge in [0.05, 0.1) is 0 Å². The highest BCUT2D eigenvalue weighted by Gasteiger charge is 2.25. The van der Waals surface area contributed by atoms with E-state index in [2.05, 4.69) is 11.0 Å². The third-order valence-corrected chi connectivity index (χ3v) is 4.21. The third kappa shape index (κ3) is 2.28. The van der Waals surface area contributed by atoms with Crippen LogP contribution in [0, 0.1) is 5.92 Å². The minimum absolute atomic E-state index is 0.406. The molecule has 0 amide bonds. The van der Waals surface area contributed by atoms with Gasteiger partial charge >= 0.3 is 0 Å². The lowest BCUT2D eigenvalue weighted by Gasteiger charge is -2.27. The molecule has 3 rings (SSSR count). The summed E-state index contributed by atoms with van der Waals surface area (Å²) < 4.78 is 0. The van der Waals surface area contributed by atoms with Gasteiger partial charge in [-0.25, -0.2) is 4.99 Å². The highest BCUT2D eigenvalue weighted by atomic mass is 16.1. The van der Waals surface area contributed by atoms with Gasteiger partial charge in [0.15, 0.2) is 0 Å². The molecular formula is C14H20N2O. The number of carbonyl (C=O) groups is 1. The Bertz CT molecular complexity index is 368. The van der Waals surface area contributed by atoms with E-state index < -0.39 is 0 Å². The van der Waals surface area contributed by atoms with Crippen molar-refractivity contribution < 1.29 is 4.79 Å². The van der Waals surface area contributed by atoms with Gasteiger partial charge in [-0.05, 0) is 12.8 Å².